The number of hydrogen-bond acceptors (Lipinski definition) is 7. The van der Waals surface area contributed by atoms with E-state index >= 15 is 0 Å². The maximum absolute atomic E-state index is 12.2. The lowest BCUT2D eigenvalue weighted by molar-refractivity contribution is 0.0531. The number of carbonyl (C=O) groups is 1. The first-order valence-corrected chi connectivity index (χ1v) is 8.91. The lowest BCUT2D eigenvalue weighted by atomic mass is 10.1. The summed E-state index contributed by atoms with van der Waals surface area (Å²) in [4.78, 5) is 26.7. The molecule has 3 rings (SSSR count). The highest BCUT2D eigenvalue weighted by molar-refractivity contribution is 7.20. The summed E-state index contributed by atoms with van der Waals surface area (Å²) in [6.07, 6.45) is 3.62. The molecule has 0 amide bonds. The molecule has 0 spiro atoms. The van der Waals surface area contributed by atoms with Gasteiger partial charge in [-0.05, 0) is 50.5 Å². The molecule has 0 fully saturated rings. The summed E-state index contributed by atoms with van der Waals surface area (Å²) < 4.78 is 5.15. The zero-order valence-electron chi connectivity index (χ0n) is 14.7. The first-order chi connectivity index (χ1) is 12.0. The molecule has 0 aromatic carbocycles. The Labute approximate surface area is 150 Å². The average molecular weight is 356 g/mol. The van der Waals surface area contributed by atoms with Gasteiger partial charge in [0.1, 0.15) is 21.3 Å². The number of carbonyl (C=O) groups excluding carboxylic acids is 1. The summed E-state index contributed by atoms with van der Waals surface area (Å²) in [6.45, 7) is 8.57. The van der Waals surface area contributed by atoms with Crippen molar-refractivity contribution >= 4 is 33.3 Å². The van der Waals surface area contributed by atoms with E-state index in [4.69, 9.17) is 4.74 Å². The van der Waals surface area contributed by atoms with Gasteiger partial charge in [0, 0.05) is 18.9 Å². The molecule has 0 saturated carbocycles. The summed E-state index contributed by atoms with van der Waals surface area (Å²) in [6, 6.07) is 1.98. The summed E-state index contributed by atoms with van der Waals surface area (Å²) in [5.41, 5.74) is 3.12. The van der Waals surface area contributed by atoms with E-state index < -0.39 is 0 Å². The lowest BCUT2D eigenvalue weighted by Crippen LogP contribution is -2.06. The first-order valence-electron chi connectivity index (χ1n) is 8.09. The van der Waals surface area contributed by atoms with Crippen LogP contribution in [0.3, 0.4) is 0 Å². The second-order valence-electron chi connectivity index (χ2n) is 5.73. The van der Waals surface area contributed by atoms with Crippen LogP contribution in [0.25, 0.3) is 10.2 Å². The second-order valence-corrected chi connectivity index (χ2v) is 6.73. The van der Waals surface area contributed by atoms with Crippen molar-refractivity contribution in [3.05, 3.63) is 45.9 Å². The number of aromatic nitrogens is 3. The fourth-order valence-corrected chi connectivity index (χ4v) is 3.76. The highest BCUT2D eigenvalue weighted by Crippen LogP contribution is 2.34. The SMILES string of the molecule is CCOC(=O)c1sc2nc(C)nc(NCc3ccncc3C)c2c1C. The second kappa shape index (κ2) is 7.14. The maximum atomic E-state index is 12.2. The zero-order valence-corrected chi connectivity index (χ0v) is 15.5. The molecule has 0 atom stereocenters. The van der Waals surface area contributed by atoms with Gasteiger partial charge >= 0.3 is 5.97 Å². The van der Waals surface area contributed by atoms with Crippen LogP contribution in [0.2, 0.25) is 0 Å². The van der Waals surface area contributed by atoms with E-state index in [0.29, 0.717) is 23.9 Å². The normalized spacial score (nSPS) is 10.9. The number of thiophene rings is 1. The van der Waals surface area contributed by atoms with Crippen LogP contribution >= 0.6 is 11.3 Å². The summed E-state index contributed by atoms with van der Waals surface area (Å²) in [7, 11) is 0. The maximum Gasteiger partial charge on any atom is 0.348 e. The minimum absolute atomic E-state index is 0.309. The highest BCUT2D eigenvalue weighted by atomic mass is 32.1. The fourth-order valence-electron chi connectivity index (χ4n) is 2.64. The number of nitrogens with zero attached hydrogens (tertiary/aromatic N) is 3. The van der Waals surface area contributed by atoms with Gasteiger partial charge in [-0.15, -0.1) is 11.3 Å². The number of pyridine rings is 1. The number of hydrogen-bond donors (Lipinski definition) is 1. The van der Waals surface area contributed by atoms with Crippen LogP contribution in [-0.2, 0) is 11.3 Å². The Morgan fingerprint density at radius 1 is 1.28 bits per heavy atom. The number of anilines is 1. The van der Waals surface area contributed by atoms with Crippen molar-refractivity contribution in [2.45, 2.75) is 34.2 Å². The number of aryl methyl sites for hydroxylation is 3. The third kappa shape index (κ3) is 3.46. The van der Waals surface area contributed by atoms with Crippen molar-refractivity contribution in [2.24, 2.45) is 0 Å². The van der Waals surface area contributed by atoms with Crippen molar-refractivity contribution < 1.29 is 9.53 Å². The van der Waals surface area contributed by atoms with Crippen LogP contribution in [0.15, 0.2) is 18.5 Å². The summed E-state index contributed by atoms with van der Waals surface area (Å²) in [5.74, 6) is 1.10. The van der Waals surface area contributed by atoms with Crippen LogP contribution in [0.4, 0.5) is 5.82 Å². The van der Waals surface area contributed by atoms with Crippen LogP contribution in [-0.4, -0.2) is 27.5 Å². The Morgan fingerprint density at radius 2 is 2.08 bits per heavy atom. The highest BCUT2D eigenvalue weighted by Gasteiger charge is 2.20. The Balaban J connectivity index is 2.00. The minimum Gasteiger partial charge on any atom is -0.462 e. The molecule has 3 aromatic heterocycles. The molecule has 3 aromatic rings. The molecule has 130 valence electrons. The fraction of sp³-hybridized carbons (Fsp3) is 0.333. The molecular weight excluding hydrogens is 336 g/mol. The van der Waals surface area contributed by atoms with Crippen LogP contribution in [0.5, 0.6) is 0 Å². The van der Waals surface area contributed by atoms with Crippen LogP contribution in [0, 0.1) is 20.8 Å². The Morgan fingerprint density at radius 3 is 2.80 bits per heavy atom. The largest absolute Gasteiger partial charge is 0.462 e. The molecule has 0 aliphatic rings. The van der Waals surface area contributed by atoms with Crippen molar-refractivity contribution in [1.82, 2.24) is 15.0 Å². The van der Waals surface area contributed by atoms with Gasteiger partial charge < -0.3 is 10.1 Å². The predicted octanol–water partition coefficient (Wildman–Crippen LogP) is 3.80. The number of esters is 1. The monoisotopic (exact) mass is 356 g/mol. The lowest BCUT2D eigenvalue weighted by Gasteiger charge is -2.10. The summed E-state index contributed by atoms with van der Waals surface area (Å²) in [5, 5.41) is 4.27. The predicted molar refractivity (Wildman–Crippen MR) is 99.1 cm³/mol. The zero-order chi connectivity index (χ0) is 18.0. The van der Waals surface area contributed by atoms with Gasteiger partial charge in [-0.25, -0.2) is 14.8 Å². The van der Waals surface area contributed by atoms with Crippen molar-refractivity contribution in [1.29, 1.82) is 0 Å². The number of nitrogens with one attached hydrogen (secondary N) is 1. The Kier molecular flexibility index (Phi) is 4.94. The third-order valence-corrected chi connectivity index (χ3v) is 5.11. The van der Waals surface area contributed by atoms with E-state index in [2.05, 4.69) is 20.3 Å². The number of fused-ring (bicyclic) bond motifs is 1. The quantitative estimate of drug-likeness (QED) is 0.701. The molecule has 3 heterocycles. The molecule has 0 aliphatic carbocycles. The molecule has 0 unspecified atom stereocenters. The molecular formula is C18H20N4O2S. The standard InChI is InChI=1S/C18H20N4O2S/c1-5-24-18(23)15-11(3)14-16(21-12(4)22-17(14)25-15)20-9-13-6-7-19-8-10(13)2/h6-8H,5,9H2,1-4H3,(H,20,21,22). The van der Waals surface area contributed by atoms with Crippen molar-refractivity contribution in [3.8, 4) is 0 Å². The number of rotatable bonds is 5. The van der Waals surface area contributed by atoms with E-state index in [0.717, 1.165) is 32.7 Å². The third-order valence-electron chi connectivity index (χ3n) is 3.95. The van der Waals surface area contributed by atoms with Gasteiger partial charge in [-0.1, -0.05) is 0 Å². The van der Waals surface area contributed by atoms with Crippen LogP contribution < -0.4 is 5.32 Å². The molecule has 0 radical (unpaired) electrons. The minimum atomic E-state index is -0.309. The molecule has 25 heavy (non-hydrogen) atoms. The topological polar surface area (TPSA) is 77.0 Å². The van der Waals surface area contributed by atoms with Crippen molar-refractivity contribution in [3.63, 3.8) is 0 Å². The Bertz CT molecular complexity index is 936. The van der Waals surface area contributed by atoms with Gasteiger partial charge in [-0.2, -0.15) is 0 Å². The van der Waals surface area contributed by atoms with Gasteiger partial charge in [-0.3, -0.25) is 4.98 Å². The molecule has 7 heteroatoms. The van der Waals surface area contributed by atoms with Crippen LogP contribution in [0.1, 0.15) is 39.1 Å². The van der Waals surface area contributed by atoms with Gasteiger partial charge in [0.15, 0.2) is 0 Å². The molecule has 0 bridgehead atoms. The smallest absolute Gasteiger partial charge is 0.348 e. The number of ether oxygens (including phenoxy) is 1. The first kappa shape index (κ1) is 17.3. The summed E-state index contributed by atoms with van der Waals surface area (Å²) >= 11 is 1.35. The van der Waals surface area contributed by atoms with E-state index in [1.54, 1.807) is 13.1 Å². The molecule has 0 saturated heterocycles. The van der Waals surface area contributed by atoms with Gasteiger partial charge in [0.05, 0.1) is 12.0 Å². The van der Waals surface area contributed by atoms with E-state index in [1.165, 1.54) is 11.3 Å². The molecule has 6 nitrogen and oxygen atoms in total. The van der Waals surface area contributed by atoms with Crippen molar-refractivity contribution in [2.75, 3.05) is 11.9 Å². The average Bonchev–Trinajstić information content (AvgIpc) is 2.91. The van der Waals surface area contributed by atoms with Gasteiger partial charge in [0.25, 0.3) is 0 Å². The van der Waals surface area contributed by atoms with E-state index in [9.17, 15) is 4.79 Å². The van der Waals surface area contributed by atoms with E-state index in [-0.39, 0.29) is 5.97 Å². The molecule has 0 aliphatic heterocycles. The Hall–Kier alpha value is -2.54. The van der Waals surface area contributed by atoms with E-state index in [1.807, 2.05) is 33.0 Å². The molecule has 1 N–H and O–H groups in total. The van der Waals surface area contributed by atoms with Gasteiger partial charge in [0.2, 0.25) is 0 Å².